The number of urea groups is 1. The topological polar surface area (TPSA) is 108 Å². The van der Waals surface area contributed by atoms with E-state index in [-0.39, 0.29) is 12.6 Å². The molecule has 1 fully saturated rings. The lowest BCUT2D eigenvalue weighted by atomic mass is 9.90. The Bertz CT molecular complexity index is 1730. The normalized spacial score (nSPS) is 22.6. The molecule has 0 unspecified atom stereocenters. The zero-order valence-corrected chi connectivity index (χ0v) is 24.3. The summed E-state index contributed by atoms with van der Waals surface area (Å²) < 4.78 is 28.4. The van der Waals surface area contributed by atoms with E-state index in [1.165, 1.54) is 6.33 Å². The Balaban J connectivity index is 1.26. The van der Waals surface area contributed by atoms with Gasteiger partial charge in [0.15, 0.2) is 5.82 Å². The second-order valence-electron chi connectivity index (χ2n) is 11.2. The third-order valence-corrected chi connectivity index (χ3v) is 8.12. The van der Waals surface area contributed by atoms with Gasteiger partial charge in [-0.3, -0.25) is 5.32 Å². The molecular formula is C34H33N5O5. The van der Waals surface area contributed by atoms with Crippen LogP contribution in [-0.4, -0.2) is 45.0 Å². The Kier molecular flexibility index (Phi) is 7.80. The van der Waals surface area contributed by atoms with E-state index in [0.29, 0.717) is 42.5 Å². The number of hydrogen-bond acceptors (Lipinski definition) is 7. The van der Waals surface area contributed by atoms with Crippen LogP contribution >= 0.6 is 0 Å². The summed E-state index contributed by atoms with van der Waals surface area (Å²) in [5, 5.41) is 10.2. The maximum Gasteiger partial charge on any atom is 0.324 e. The van der Waals surface area contributed by atoms with Crippen molar-refractivity contribution in [1.29, 1.82) is 0 Å². The molecule has 10 nitrogen and oxygen atoms in total. The molecule has 0 bridgehead atoms. The molecule has 2 N–H and O–H groups in total. The minimum atomic E-state index is -0.979. The van der Waals surface area contributed by atoms with E-state index in [9.17, 15) is 4.79 Å². The zero-order chi connectivity index (χ0) is 29.9. The summed E-state index contributed by atoms with van der Waals surface area (Å²) in [5.74, 6) is 0.425. The molecule has 2 amide bonds. The Morgan fingerprint density at radius 2 is 1.50 bits per heavy atom. The molecule has 2 aliphatic heterocycles. The summed E-state index contributed by atoms with van der Waals surface area (Å²) in [4.78, 5) is 16.6. The van der Waals surface area contributed by atoms with Crippen LogP contribution < -0.4 is 10.6 Å². The van der Waals surface area contributed by atoms with E-state index in [1.807, 2.05) is 104 Å². The van der Waals surface area contributed by atoms with E-state index in [1.54, 1.807) is 4.52 Å². The van der Waals surface area contributed by atoms with Crippen LogP contribution in [0.4, 0.5) is 16.3 Å². The summed E-state index contributed by atoms with van der Waals surface area (Å²) in [5.41, 5.74) is 4.11. The highest BCUT2D eigenvalue weighted by Gasteiger charge is 2.57. The zero-order valence-electron chi connectivity index (χ0n) is 24.3. The van der Waals surface area contributed by atoms with Crippen molar-refractivity contribution >= 4 is 23.1 Å². The number of hydrogen-bond donors (Lipinski definition) is 2. The number of rotatable bonds is 11. The predicted molar refractivity (Wildman–Crippen MR) is 164 cm³/mol. The Hall–Kier alpha value is -4.61. The monoisotopic (exact) mass is 591 g/mol. The third kappa shape index (κ3) is 5.56. The minimum Gasteiger partial charge on any atom is -0.374 e. The number of carbonyl (C=O) groups excluding carboxylic acids is 1. The van der Waals surface area contributed by atoms with Crippen LogP contribution in [0.15, 0.2) is 103 Å². The molecule has 2 aromatic heterocycles. The Labute approximate surface area is 254 Å². The number of anilines is 2. The smallest absolute Gasteiger partial charge is 0.324 e. The number of nitrogens with zero attached hydrogens (tertiary/aromatic N) is 3. The standard InChI is InChI=1S/C34H33N5O5/c1-34(43-20-25-15-9-4-10-16-25)30(27-17-26-29-32(38-33(40)37-26)35-22-36-39(27)29)44-28(21-41-18-23-11-5-2-6-12-23)31(34)42-19-24-13-7-3-8-14-24/h2-17,22,28,30-31H,18-21H2,1H3,(H2,35,36,37,38,40)/t28-,30+,31-,34+/m1/s1. The van der Waals surface area contributed by atoms with Gasteiger partial charge in [0.2, 0.25) is 0 Å². The van der Waals surface area contributed by atoms with Crippen molar-refractivity contribution in [3.8, 4) is 0 Å². The van der Waals surface area contributed by atoms with Gasteiger partial charge in [-0.1, -0.05) is 91.0 Å². The average molecular weight is 592 g/mol. The molecular weight excluding hydrogens is 558 g/mol. The van der Waals surface area contributed by atoms with Crippen LogP contribution in [0.3, 0.4) is 0 Å². The third-order valence-electron chi connectivity index (χ3n) is 8.12. The molecule has 1 saturated heterocycles. The number of nitrogens with one attached hydrogen (secondary N) is 2. The Morgan fingerprint density at radius 1 is 0.864 bits per heavy atom. The molecule has 5 aromatic rings. The van der Waals surface area contributed by atoms with Crippen LogP contribution in [0.25, 0.3) is 5.52 Å². The molecule has 0 radical (unpaired) electrons. The van der Waals surface area contributed by atoms with Crippen molar-refractivity contribution in [2.75, 3.05) is 17.2 Å². The van der Waals surface area contributed by atoms with E-state index in [0.717, 1.165) is 16.7 Å². The van der Waals surface area contributed by atoms with Crippen LogP contribution in [0.5, 0.6) is 0 Å². The average Bonchev–Trinajstić information content (AvgIpc) is 3.55. The highest BCUT2D eigenvalue weighted by molar-refractivity contribution is 6.10. The quantitative estimate of drug-likeness (QED) is 0.197. The fraction of sp³-hybridized carbons (Fsp3) is 0.265. The lowest BCUT2D eigenvalue weighted by Crippen LogP contribution is -2.47. The summed E-state index contributed by atoms with van der Waals surface area (Å²) >= 11 is 0. The largest absolute Gasteiger partial charge is 0.374 e. The minimum absolute atomic E-state index is 0.282. The second kappa shape index (κ2) is 12.2. The van der Waals surface area contributed by atoms with Crippen LogP contribution in [-0.2, 0) is 38.8 Å². The predicted octanol–water partition coefficient (Wildman–Crippen LogP) is 5.90. The number of ether oxygens (including phenoxy) is 4. The molecule has 0 aliphatic carbocycles. The number of carbonyl (C=O) groups is 1. The van der Waals surface area contributed by atoms with E-state index < -0.39 is 23.9 Å². The first-order valence-corrected chi connectivity index (χ1v) is 14.6. The number of benzene rings is 3. The van der Waals surface area contributed by atoms with Crippen LogP contribution in [0.1, 0.15) is 35.4 Å². The van der Waals surface area contributed by atoms with Gasteiger partial charge in [-0.2, -0.15) is 5.10 Å². The second-order valence-corrected chi connectivity index (χ2v) is 11.2. The van der Waals surface area contributed by atoms with Gasteiger partial charge in [0.05, 0.1) is 37.8 Å². The molecule has 3 aromatic carbocycles. The van der Waals surface area contributed by atoms with Gasteiger partial charge in [-0.15, -0.1) is 0 Å². The van der Waals surface area contributed by atoms with Gasteiger partial charge in [-0.05, 0) is 29.7 Å². The van der Waals surface area contributed by atoms with Crippen molar-refractivity contribution in [3.05, 3.63) is 126 Å². The molecule has 7 rings (SSSR count). The first-order chi connectivity index (χ1) is 21.6. The summed E-state index contributed by atoms with van der Waals surface area (Å²) in [6.45, 7) is 3.45. The summed E-state index contributed by atoms with van der Waals surface area (Å²) in [6.07, 6.45) is -0.194. The molecule has 2 aliphatic rings. The SMILES string of the molecule is C[C@@]1(OCc2ccccc2)[C@H](OCc2ccccc2)[C@@H](COCc2ccccc2)O[C@H]1c1cc2c3c(ncnn13)NC(=O)N2. The van der Waals surface area contributed by atoms with E-state index in [4.69, 9.17) is 18.9 Å². The van der Waals surface area contributed by atoms with Gasteiger partial charge in [0.1, 0.15) is 35.8 Å². The molecule has 10 heteroatoms. The van der Waals surface area contributed by atoms with Gasteiger partial charge in [0.25, 0.3) is 0 Å². The molecule has 44 heavy (non-hydrogen) atoms. The fourth-order valence-electron chi connectivity index (χ4n) is 5.96. The molecule has 4 atom stereocenters. The van der Waals surface area contributed by atoms with Crippen molar-refractivity contribution in [2.45, 2.75) is 50.7 Å². The first-order valence-electron chi connectivity index (χ1n) is 14.6. The maximum atomic E-state index is 12.4. The molecule has 0 saturated carbocycles. The van der Waals surface area contributed by atoms with Crippen LogP contribution in [0.2, 0.25) is 0 Å². The Morgan fingerprint density at radius 3 is 2.18 bits per heavy atom. The molecule has 0 spiro atoms. The lowest BCUT2D eigenvalue weighted by Gasteiger charge is -2.35. The van der Waals surface area contributed by atoms with Gasteiger partial charge in [-0.25, -0.2) is 14.3 Å². The van der Waals surface area contributed by atoms with E-state index in [2.05, 4.69) is 20.7 Å². The highest BCUT2D eigenvalue weighted by atomic mass is 16.6. The first kappa shape index (κ1) is 28.2. The van der Waals surface area contributed by atoms with Gasteiger partial charge >= 0.3 is 6.03 Å². The van der Waals surface area contributed by atoms with Crippen molar-refractivity contribution in [2.24, 2.45) is 0 Å². The summed E-state index contributed by atoms with van der Waals surface area (Å²) in [7, 11) is 0. The number of aromatic nitrogens is 3. The molecule has 4 heterocycles. The van der Waals surface area contributed by atoms with Gasteiger partial charge < -0.3 is 24.3 Å². The van der Waals surface area contributed by atoms with Crippen LogP contribution in [0, 0.1) is 0 Å². The number of amides is 2. The fourth-order valence-corrected chi connectivity index (χ4v) is 5.96. The maximum absolute atomic E-state index is 12.4. The van der Waals surface area contributed by atoms with Crippen molar-refractivity contribution < 1.29 is 23.7 Å². The van der Waals surface area contributed by atoms with Gasteiger partial charge in [0, 0.05) is 0 Å². The molecule has 224 valence electrons. The lowest BCUT2D eigenvalue weighted by molar-refractivity contribution is -0.148. The highest BCUT2D eigenvalue weighted by Crippen LogP contribution is 2.48. The van der Waals surface area contributed by atoms with Crippen molar-refractivity contribution in [1.82, 2.24) is 14.6 Å². The summed E-state index contributed by atoms with van der Waals surface area (Å²) in [6, 6.07) is 31.6. The van der Waals surface area contributed by atoms with Crippen molar-refractivity contribution in [3.63, 3.8) is 0 Å². The van der Waals surface area contributed by atoms with E-state index >= 15 is 0 Å².